The summed E-state index contributed by atoms with van der Waals surface area (Å²) in [5, 5.41) is 6.53. The molecule has 1 atom stereocenters. The molecule has 3 rings (SSSR count). The number of nitrogens with zero attached hydrogens (tertiary/aromatic N) is 3. The Kier molecular flexibility index (Phi) is 5.84. The van der Waals surface area contributed by atoms with Gasteiger partial charge in [0.25, 0.3) is 0 Å². The number of hydrogen-bond acceptors (Lipinski definition) is 7. The van der Waals surface area contributed by atoms with Crippen LogP contribution in [0.3, 0.4) is 0 Å². The first kappa shape index (κ1) is 19.4. The largest absolute Gasteiger partial charge is 0.372 e. The topological polar surface area (TPSA) is 87.2 Å². The van der Waals surface area contributed by atoms with Crippen LogP contribution in [0.5, 0.6) is 0 Å². The summed E-state index contributed by atoms with van der Waals surface area (Å²) in [5.74, 6) is 1.70. The smallest absolute Gasteiger partial charge is 0.152 e. The van der Waals surface area contributed by atoms with Gasteiger partial charge in [0, 0.05) is 36.6 Å². The normalized spacial score (nSPS) is 18.3. The molecule has 1 aromatic carbocycles. The van der Waals surface area contributed by atoms with Gasteiger partial charge in [-0.1, -0.05) is 0 Å². The van der Waals surface area contributed by atoms with Gasteiger partial charge in [-0.3, -0.25) is 0 Å². The summed E-state index contributed by atoms with van der Waals surface area (Å²) >= 11 is 0. The lowest BCUT2D eigenvalue weighted by molar-refractivity contribution is 0.602. The molecule has 0 radical (unpaired) electrons. The Morgan fingerprint density at radius 3 is 2.52 bits per heavy atom. The second-order valence-corrected chi connectivity index (χ2v) is 9.06. The molecule has 1 aromatic heterocycles. The monoisotopic (exact) mass is 389 g/mol. The molecule has 0 spiro atoms. The van der Waals surface area contributed by atoms with Crippen molar-refractivity contribution in [2.45, 2.75) is 33.2 Å². The predicted octanol–water partition coefficient (Wildman–Crippen LogP) is 2.97. The van der Waals surface area contributed by atoms with Crippen molar-refractivity contribution in [3.8, 4) is 0 Å². The van der Waals surface area contributed by atoms with Crippen LogP contribution < -0.4 is 15.5 Å². The number of anilines is 4. The van der Waals surface area contributed by atoms with Crippen LogP contribution in [0.15, 0.2) is 30.6 Å². The van der Waals surface area contributed by atoms with E-state index in [1.165, 1.54) is 12.0 Å². The molecule has 1 aliphatic rings. The van der Waals surface area contributed by atoms with Crippen LogP contribution in [0.25, 0.3) is 0 Å². The van der Waals surface area contributed by atoms with Crippen molar-refractivity contribution in [2.75, 3.05) is 40.1 Å². The number of aromatic nitrogens is 2. The summed E-state index contributed by atoms with van der Waals surface area (Å²) in [6.45, 7) is 8.31. The van der Waals surface area contributed by atoms with Crippen molar-refractivity contribution in [1.82, 2.24) is 9.97 Å². The molecule has 1 aliphatic heterocycles. The third-order valence-electron chi connectivity index (χ3n) is 4.85. The van der Waals surface area contributed by atoms with Crippen molar-refractivity contribution in [3.05, 3.63) is 36.2 Å². The highest BCUT2D eigenvalue weighted by Crippen LogP contribution is 2.26. The molecule has 1 saturated heterocycles. The van der Waals surface area contributed by atoms with Crippen LogP contribution in [0, 0.1) is 6.92 Å². The van der Waals surface area contributed by atoms with Gasteiger partial charge in [-0.25, -0.2) is 18.4 Å². The van der Waals surface area contributed by atoms with E-state index in [1.54, 1.807) is 0 Å². The molecular formula is C19H27N5O2S. The van der Waals surface area contributed by atoms with Crippen molar-refractivity contribution < 1.29 is 8.42 Å². The lowest BCUT2D eigenvalue weighted by Crippen LogP contribution is -2.21. The number of rotatable bonds is 7. The Labute approximate surface area is 161 Å². The molecule has 2 heterocycles. The van der Waals surface area contributed by atoms with Crippen LogP contribution in [-0.4, -0.2) is 49.0 Å². The van der Waals surface area contributed by atoms with Crippen LogP contribution in [0.2, 0.25) is 0 Å². The molecule has 0 aliphatic carbocycles. The average molecular weight is 390 g/mol. The number of nitrogens with one attached hydrogen (secondary N) is 2. The average Bonchev–Trinajstić information content (AvgIpc) is 2.97. The molecule has 27 heavy (non-hydrogen) atoms. The fourth-order valence-corrected chi connectivity index (χ4v) is 5.01. The molecule has 7 nitrogen and oxygen atoms in total. The molecule has 0 saturated carbocycles. The zero-order chi connectivity index (χ0) is 19.4. The first-order valence-corrected chi connectivity index (χ1v) is 11.1. The second-order valence-electron chi connectivity index (χ2n) is 6.83. The fraction of sp³-hybridized carbons (Fsp3) is 0.474. The van der Waals surface area contributed by atoms with Gasteiger partial charge in [0.05, 0.1) is 11.5 Å². The molecule has 1 unspecified atom stereocenters. The van der Waals surface area contributed by atoms with E-state index in [-0.39, 0.29) is 17.5 Å². The number of benzene rings is 1. The molecule has 146 valence electrons. The van der Waals surface area contributed by atoms with Crippen molar-refractivity contribution >= 4 is 32.8 Å². The summed E-state index contributed by atoms with van der Waals surface area (Å²) < 4.78 is 23.2. The summed E-state index contributed by atoms with van der Waals surface area (Å²) in [6, 6.07) is 8.04. The summed E-state index contributed by atoms with van der Waals surface area (Å²) in [7, 11) is -2.92. The highest BCUT2D eigenvalue weighted by atomic mass is 32.2. The molecule has 2 aromatic rings. The van der Waals surface area contributed by atoms with Gasteiger partial charge < -0.3 is 15.5 Å². The molecule has 2 N–H and O–H groups in total. The Morgan fingerprint density at radius 2 is 1.89 bits per heavy atom. The minimum atomic E-state index is -2.92. The zero-order valence-corrected chi connectivity index (χ0v) is 16.9. The van der Waals surface area contributed by atoms with Gasteiger partial charge in [0.15, 0.2) is 9.84 Å². The summed E-state index contributed by atoms with van der Waals surface area (Å²) in [6.07, 6.45) is 2.09. The van der Waals surface area contributed by atoms with Crippen LogP contribution in [0.4, 0.5) is 23.0 Å². The number of hydrogen-bond donors (Lipinski definition) is 2. The maximum atomic E-state index is 11.6. The molecule has 8 heteroatoms. The van der Waals surface area contributed by atoms with Gasteiger partial charge in [0.1, 0.15) is 18.0 Å². The quantitative estimate of drug-likeness (QED) is 0.753. The third kappa shape index (κ3) is 4.88. The minimum absolute atomic E-state index is 0.0900. The lowest BCUT2D eigenvalue weighted by atomic mass is 10.1. The van der Waals surface area contributed by atoms with Gasteiger partial charge >= 0.3 is 0 Å². The lowest BCUT2D eigenvalue weighted by Gasteiger charge is -2.22. The van der Waals surface area contributed by atoms with Crippen LogP contribution >= 0.6 is 0 Å². The van der Waals surface area contributed by atoms with Gasteiger partial charge in [0.2, 0.25) is 0 Å². The van der Waals surface area contributed by atoms with Crippen LogP contribution in [0.1, 0.15) is 25.8 Å². The molecule has 0 amide bonds. The maximum absolute atomic E-state index is 11.6. The van der Waals surface area contributed by atoms with Crippen molar-refractivity contribution in [1.29, 1.82) is 0 Å². The van der Waals surface area contributed by atoms with Gasteiger partial charge in [-0.05, 0) is 51.0 Å². The van der Waals surface area contributed by atoms with Crippen molar-refractivity contribution in [3.63, 3.8) is 0 Å². The highest BCUT2D eigenvalue weighted by Gasteiger charge is 2.27. The first-order chi connectivity index (χ1) is 12.9. The van der Waals surface area contributed by atoms with Gasteiger partial charge in [-0.2, -0.15) is 0 Å². The van der Waals surface area contributed by atoms with E-state index >= 15 is 0 Å². The van der Waals surface area contributed by atoms with Crippen LogP contribution in [-0.2, 0) is 9.84 Å². The highest BCUT2D eigenvalue weighted by molar-refractivity contribution is 7.91. The zero-order valence-electron chi connectivity index (χ0n) is 16.1. The SMILES string of the molecule is CCN(CC)c1ccc(Nc2cc(NC3CCS(=O)(=O)C3)ncn2)c(C)c1. The van der Waals surface area contributed by atoms with E-state index in [2.05, 4.69) is 64.5 Å². The Hall–Kier alpha value is -2.35. The third-order valence-corrected chi connectivity index (χ3v) is 6.62. The Bertz CT molecular complexity index is 897. The van der Waals surface area contributed by atoms with E-state index < -0.39 is 9.84 Å². The van der Waals surface area contributed by atoms with E-state index in [1.807, 2.05) is 6.07 Å². The number of aryl methyl sites for hydroxylation is 1. The summed E-state index contributed by atoms with van der Waals surface area (Å²) in [4.78, 5) is 10.8. The fourth-order valence-electron chi connectivity index (χ4n) is 3.33. The first-order valence-electron chi connectivity index (χ1n) is 9.32. The van der Waals surface area contributed by atoms with Gasteiger partial charge in [-0.15, -0.1) is 0 Å². The van der Waals surface area contributed by atoms with E-state index in [0.29, 0.717) is 18.1 Å². The Morgan fingerprint density at radius 1 is 1.15 bits per heavy atom. The molecule has 1 fully saturated rings. The van der Waals surface area contributed by atoms with Crippen molar-refractivity contribution in [2.24, 2.45) is 0 Å². The van der Waals surface area contributed by atoms with E-state index in [4.69, 9.17) is 0 Å². The summed E-state index contributed by atoms with van der Waals surface area (Å²) in [5.41, 5.74) is 3.32. The predicted molar refractivity (Wildman–Crippen MR) is 111 cm³/mol. The molecule has 0 bridgehead atoms. The van der Waals surface area contributed by atoms with E-state index in [0.717, 1.165) is 24.3 Å². The Balaban J connectivity index is 1.71. The van der Waals surface area contributed by atoms with E-state index in [9.17, 15) is 8.42 Å². The molecular weight excluding hydrogens is 362 g/mol. The minimum Gasteiger partial charge on any atom is -0.372 e. The second kappa shape index (κ2) is 8.12. The standard InChI is InChI=1S/C19H27N5O2S/c1-4-24(5-2)16-6-7-17(14(3)10-16)23-19-11-18(20-13-21-19)22-15-8-9-27(25,26)12-15/h6-7,10-11,13,15H,4-5,8-9,12H2,1-3H3,(H2,20,21,22,23). The number of sulfone groups is 1. The maximum Gasteiger partial charge on any atom is 0.152 e.